The van der Waals surface area contributed by atoms with Gasteiger partial charge in [-0.05, 0) is 36.8 Å². The Balaban J connectivity index is 1.90. The van der Waals surface area contributed by atoms with E-state index in [0.29, 0.717) is 22.7 Å². The van der Waals surface area contributed by atoms with Crippen LogP contribution in [0.15, 0.2) is 29.1 Å². The van der Waals surface area contributed by atoms with Crippen LogP contribution in [-0.2, 0) is 12.8 Å². The summed E-state index contributed by atoms with van der Waals surface area (Å²) in [6.07, 6.45) is 2.99. The van der Waals surface area contributed by atoms with Crippen molar-refractivity contribution in [3.63, 3.8) is 0 Å². The quantitative estimate of drug-likeness (QED) is 0.499. The largest absolute Gasteiger partial charge is 0.282 e. The highest BCUT2D eigenvalue weighted by molar-refractivity contribution is 7.19. The predicted octanol–water partition coefficient (Wildman–Crippen LogP) is 3.25. The average molecular weight is 322 g/mol. The molecule has 1 atom stereocenters. The maximum atomic E-state index is 12.8. The van der Waals surface area contributed by atoms with E-state index in [2.05, 4.69) is 11.9 Å². The fraction of sp³-hybridized carbons (Fsp3) is 0.278. The zero-order chi connectivity index (χ0) is 15.7. The Bertz CT molecular complexity index is 1060. The van der Waals surface area contributed by atoms with Gasteiger partial charge in [0.25, 0.3) is 11.5 Å². The minimum atomic E-state index is -0.192. The molecule has 114 valence electrons. The minimum absolute atomic E-state index is 0.0697. The molecule has 1 aromatic carbocycles. The molecule has 2 aliphatic rings. The highest BCUT2D eigenvalue weighted by Gasteiger charge is 2.32. The van der Waals surface area contributed by atoms with E-state index < -0.39 is 0 Å². The first-order valence-electron chi connectivity index (χ1n) is 7.86. The molecule has 0 bridgehead atoms. The molecule has 5 rings (SSSR count). The van der Waals surface area contributed by atoms with Gasteiger partial charge in [0.15, 0.2) is 5.82 Å². The lowest BCUT2D eigenvalue weighted by Crippen LogP contribution is -2.17. The second-order valence-electron chi connectivity index (χ2n) is 6.46. The first-order valence-corrected chi connectivity index (χ1v) is 8.68. The number of aryl methyl sites for hydroxylation is 1. The highest BCUT2D eigenvalue weighted by Crippen LogP contribution is 2.40. The molecule has 0 amide bonds. The highest BCUT2D eigenvalue weighted by atomic mass is 32.1. The second-order valence-corrected chi connectivity index (χ2v) is 7.54. The van der Waals surface area contributed by atoms with Crippen molar-refractivity contribution < 1.29 is 4.79 Å². The van der Waals surface area contributed by atoms with Crippen molar-refractivity contribution in [3.8, 4) is 11.4 Å². The Kier molecular flexibility index (Phi) is 2.52. The maximum absolute atomic E-state index is 12.8. The zero-order valence-electron chi connectivity index (χ0n) is 12.6. The van der Waals surface area contributed by atoms with Crippen LogP contribution in [0.5, 0.6) is 0 Å². The number of nitrogens with zero attached hydrogens (tertiary/aromatic N) is 2. The number of aromatic nitrogens is 2. The number of benzene rings is 1. The number of rotatable bonds is 0. The van der Waals surface area contributed by atoms with Gasteiger partial charge in [-0.25, -0.2) is 4.57 Å². The Labute approximate surface area is 136 Å². The molecule has 1 unspecified atom stereocenters. The van der Waals surface area contributed by atoms with E-state index in [0.717, 1.165) is 35.2 Å². The summed E-state index contributed by atoms with van der Waals surface area (Å²) in [5.41, 5.74) is 2.32. The molecule has 3 aromatic rings. The molecular formula is C18H14N2O2S. The first-order chi connectivity index (χ1) is 11.1. The summed E-state index contributed by atoms with van der Waals surface area (Å²) in [5, 5.41) is 0.668. The number of thiophene rings is 1. The van der Waals surface area contributed by atoms with Gasteiger partial charge in [-0.3, -0.25) is 9.59 Å². The number of fused-ring (bicyclic) bond motifs is 7. The number of hydrogen-bond acceptors (Lipinski definition) is 4. The third kappa shape index (κ3) is 1.63. The van der Waals surface area contributed by atoms with Gasteiger partial charge < -0.3 is 0 Å². The van der Waals surface area contributed by atoms with Crippen LogP contribution in [0.3, 0.4) is 0 Å². The molecule has 0 saturated heterocycles. The van der Waals surface area contributed by atoms with E-state index in [4.69, 9.17) is 0 Å². The topological polar surface area (TPSA) is 52.0 Å². The molecule has 1 aliphatic carbocycles. The maximum Gasteiger partial charge on any atom is 0.282 e. The fourth-order valence-electron chi connectivity index (χ4n) is 3.77. The third-order valence-electron chi connectivity index (χ3n) is 4.93. The molecule has 0 spiro atoms. The summed E-state index contributed by atoms with van der Waals surface area (Å²) in [6.45, 7) is 2.24. The van der Waals surface area contributed by atoms with E-state index >= 15 is 0 Å². The lowest BCUT2D eigenvalue weighted by Gasteiger charge is -2.17. The van der Waals surface area contributed by atoms with Crippen molar-refractivity contribution in [2.75, 3.05) is 0 Å². The predicted molar refractivity (Wildman–Crippen MR) is 90.2 cm³/mol. The van der Waals surface area contributed by atoms with Crippen LogP contribution in [0.1, 0.15) is 34.1 Å². The summed E-state index contributed by atoms with van der Waals surface area (Å²) in [7, 11) is 0. The molecule has 3 heterocycles. The lowest BCUT2D eigenvalue weighted by atomic mass is 9.89. The molecule has 0 saturated carbocycles. The molecule has 4 nitrogen and oxygen atoms in total. The fourth-order valence-corrected chi connectivity index (χ4v) is 5.27. The average Bonchev–Trinajstić information content (AvgIpc) is 3.04. The van der Waals surface area contributed by atoms with Crippen molar-refractivity contribution in [2.45, 2.75) is 26.2 Å². The smallest absolute Gasteiger partial charge is 0.268 e. The Hall–Kier alpha value is -2.27. The zero-order valence-corrected chi connectivity index (χ0v) is 13.4. The van der Waals surface area contributed by atoms with Crippen molar-refractivity contribution in [1.29, 1.82) is 0 Å². The van der Waals surface area contributed by atoms with E-state index in [1.54, 1.807) is 22.0 Å². The third-order valence-corrected chi connectivity index (χ3v) is 6.17. The van der Waals surface area contributed by atoms with Gasteiger partial charge in [0.1, 0.15) is 4.83 Å². The van der Waals surface area contributed by atoms with Gasteiger partial charge in [0.2, 0.25) is 0 Å². The van der Waals surface area contributed by atoms with Crippen LogP contribution >= 0.6 is 11.3 Å². The molecule has 1 aliphatic heterocycles. The summed E-state index contributed by atoms with van der Waals surface area (Å²) >= 11 is 1.60. The standard InChI is InChI=1S/C18H14N2O2S/c1-9-6-7-12-13(8-9)23-18-14(12)16(21)19-15-10-4-2-3-5-11(10)17(22)20(15)18/h2-5,9H,6-8H2,1H3. The molecule has 0 N–H and O–H groups in total. The minimum Gasteiger partial charge on any atom is -0.268 e. The van der Waals surface area contributed by atoms with Crippen LogP contribution in [0, 0.1) is 5.92 Å². The van der Waals surface area contributed by atoms with Crippen molar-refractivity contribution in [1.82, 2.24) is 9.55 Å². The summed E-state index contributed by atoms with van der Waals surface area (Å²) < 4.78 is 1.65. The van der Waals surface area contributed by atoms with Crippen molar-refractivity contribution in [2.24, 2.45) is 5.92 Å². The monoisotopic (exact) mass is 322 g/mol. The SMILES string of the molecule is CC1CCc2c(sc3c2c(=O)nc2n3C(=O)c3ccccc3-2)C1. The molecule has 0 radical (unpaired) electrons. The van der Waals surface area contributed by atoms with Gasteiger partial charge in [-0.2, -0.15) is 4.98 Å². The van der Waals surface area contributed by atoms with Crippen LogP contribution in [0.25, 0.3) is 21.6 Å². The van der Waals surface area contributed by atoms with Crippen LogP contribution in [0.2, 0.25) is 0 Å². The normalized spacial score (nSPS) is 18.8. The van der Waals surface area contributed by atoms with Crippen molar-refractivity contribution >= 4 is 27.5 Å². The Morgan fingerprint density at radius 1 is 1.22 bits per heavy atom. The molecule has 0 fully saturated rings. The lowest BCUT2D eigenvalue weighted by molar-refractivity contribution is 0.0973. The molecule has 2 aromatic heterocycles. The summed E-state index contributed by atoms with van der Waals surface area (Å²) in [6, 6.07) is 7.39. The number of carbonyl (C=O) groups is 1. The van der Waals surface area contributed by atoms with Gasteiger partial charge in [-0.1, -0.05) is 25.1 Å². The second kappa shape index (κ2) is 4.38. The van der Waals surface area contributed by atoms with Gasteiger partial charge in [-0.15, -0.1) is 11.3 Å². The van der Waals surface area contributed by atoms with Gasteiger partial charge in [0, 0.05) is 10.4 Å². The summed E-state index contributed by atoms with van der Waals surface area (Å²) in [5.74, 6) is 1.05. The molecule has 5 heteroatoms. The Morgan fingerprint density at radius 2 is 2.00 bits per heavy atom. The van der Waals surface area contributed by atoms with Crippen molar-refractivity contribution in [3.05, 3.63) is 50.6 Å². The van der Waals surface area contributed by atoms with E-state index in [1.165, 1.54) is 4.88 Å². The summed E-state index contributed by atoms with van der Waals surface area (Å²) in [4.78, 5) is 31.8. The van der Waals surface area contributed by atoms with Gasteiger partial charge in [0.05, 0.1) is 10.9 Å². The van der Waals surface area contributed by atoms with E-state index in [-0.39, 0.29) is 11.5 Å². The van der Waals surface area contributed by atoms with E-state index in [9.17, 15) is 9.59 Å². The Morgan fingerprint density at radius 3 is 2.83 bits per heavy atom. The van der Waals surface area contributed by atoms with Gasteiger partial charge >= 0.3 is 0 Å². The van der Waals surface area contributed by atoms with E-state index in [1.807, 2.05) is 18.2 Å². The van der Waals surface area contributed by atoms with Crippen LogP contribution in [0.4, 0.5) is 0 Å². The number of hydrogen-bond donors (Lipinski definition) is 0. The molecular weight excluding hydrogens is 308 g/mol. The first kappa shape index (κ1) is 13.2. The van der Waals surface area contributed by atoms with Crippen LogP contribution in [-0.4, -0.2) is 15.5 Å². The number of carbonyl (C=O) groups excluding carboxylic acids is 1. The molecule has 23 heavy (non-hydrogen) atoms. The van der Waals surface area contributed by atoms with Crippen LogP contribution < -0.4 is 5.56 Å².